The molecule has 0 amide bonds. The van der Waals surface area contributed by atoms with Gasteiger partial charge in [0.15, 0.2) is 0 Å². The minimum absolute atomic E-state index is 0.0699. The van der Waals surface area contributed by atoms with E-state index in [2.05, 4.69) is 9.97 Å². The van der Waals surface area contributed by atoms with Gasteiger partial charge in [0.05, 0.1) is 31.1 Å². The van der Waals surface area contributed by atoms with Crippen molar-refractivity contribution in [1.82, 2.24) is 9.97 Å². The molecule has 0 saturated carbocycles. The van der Waals surface area contributed by atoms with Crippen molar-refractivity contribution < 1.29 is 14.6 Å². The number of rotatable bonds is 4. The summed E-state index contributed by atoms with van der Waals surface area (Å²) in [4.78, 5) is 18.5. The first-order valence-corrected chi connectivity index (χ1v) is 4.21. The van der Waals surface area contributed by atoms with Gasteiger partial charge in [0.1, 0.15) is 0 Å². The Morgan fingerprint density at radius 1 is 1.64 bits per heavy atom. The number of aromatic nitrogens is 2. The molecular formula is C9H12N2O3. The normalized spacial score (nSPS) is 9.86. The first-order valence-electron chi connectivity index (χ1n) is 4.21. The molecule has 0 unspecified atom stereocenters. The SMILES string of the molecule is COc1ncc(CCC(=O)O)nc1C. The Morgan fingerprint density at radius 3 is 2.86 bits per heavy atom. The van der Waals surface area contributed by atoms with E-state index in [4.69, 9.17) is 9.84 Å². The molecule has 5 heteroatoms. The fraction of sp³-hybridized carbons (Fsp3) is 0.444. The fourth-order valence-electron chi connectivity index (χ4n) is 1.07. The van der Waals surface area contributed by atoms with Crippen LogP contribution in [0.4, 0.5) is 0 Å². The monoisotopic (exact) mass is 196 g/mol. The van der Waals surface area contributed by atoms with Gasteiger partial charge in [-0.1, -0.05) is 0 Å². The number of methoxy groups -OCH3 is 1. The molecule has 1 rings (SSSR count). The molecular weight excluding hydrogens is 184 g/mol. The molecule has 14 heavy (non-hydrogen) atoms. The van der Waals surface area contributed by atoms with Gasteiger partial charge >= 0.3 is 5.97 Å². The van der Waals surface area contributed by atoms with Crippen molar-refractivity contribution in [1.29, 1.82) is 0 Å². The number of ether oxygens (including phenoxy) is 1. The molecule has 5 nitrogen and oxygen atoms in total. The highest BCUT2D eigenvalue weighted by molar-refractivity contribution is 5.66. The van der Waals surface area contributed by atoms with E-state index in [0.717, 1.165) is 0 Å². The average molecular weight is 196 g/mol. The number of hydrogen-bond donors (Lipinski definition) is 1. The number of aliphatic carboxylic acids is 1. The third-order valence-electron chi connectivity index (χ3n) is 1.74. The summed E-state index contributed by atoms with van der Waals surface area (Å²) < 4.78 is 4.94. The zero-order valence-corrected chi connectivity index (χ0v) is 8.15. The van der Waals surface area contributed by atoms with Crippen molar-refractivity contribution in [3.05, 3.63) is 17.6 Å². The zero-order valence-electron chi connectivity index (χ0n) is 8.15. The Hall–Kier alpha value is -1.65. The Balaban J connectivity index is 2.71. The highest BCUT2D eigenvalue weighted by atomic mass is 16.5. The van der Waals surface area contributed by atoms with Crippen molar-refractivity contribution in [2.75, 3.05) is 7.11 Å². The third-order valence-corrected chi connectivity index (χ3v) is 1.74. The molecule has 0 atom stereocenters. The summed E-state index contributed by atoms with van der Waals surface area (Å²) in [6.07, 6.45) is 2.00. The lowest BCUT2D eigenvalue weighted by molar-refractivity contribution is -0.136. The highest BCUT2D eigenvalue weighted by Gasteiger charge is 2.04. The Labute approximate surface area is 81.8 Å². The summed E-state index contributed by atoms with van der Waals surface area (Å²) in [7, 11) is 1.52. The van der Waals surface area contributed by atoms with Gasteiger partial charge in [0.2, 0.25) is 5.88 Å². The van der Waals surface area contributed by atoms with Crippen LogP contribution < -0.4 is 4.74 Å². The van der Waals surface area contributed by atoms with E-state index in [9.17, 15) is 4.79 Å². The second kappa shape index (κ2) is 4.55. The van der Waals surface area contributed by atoms with Crippen LogP contribution in [0.1, 0.15) is 17.8 Å². The maximum Gasteiger partial charge on any atom is 0.303 e. The summed E-state index contributed by atoms with van der Waals surface area (Å²) in [6.45, 7) is 1.77. The van der Waals surface area contributed by atoms with Gasteiger partial charge in [0.25, 0.3) is 0 Å². The van der Waals surface area contributed by atoms with Crippen LogP contribution >= 0.6 is 0 Å². The van der Waals surface area contributed by atoms with Crippen molar-refractivity contribution >= 4 is 5.97 Å². The van der Waals surface area contributed by atoms with E-state index < -0.39 is 5.97 Å². The van der Waals surface area contributed by atoms with Gasteiger partial charge < -0.3 is 9.84 Å². The standard InChI is InChI=1S/C9H12N2O3/c1-6-9(14-2)10-5-7(11-6)3-4-8(12)13/h5H,3-4H2,1-2H3,(H,12,13). The Kier molecular flexibility index (Phi) is 3.39. The molecule has 0 aliphatic carbocycles. The molecule has 0 radical (unpaired) electrons. The molecule has 0 aliphatic heterocycles. The predicted octanol–water partition coefficient (Wildman–Crippen LogP) is 0.811. The molecule has 0 spiro atoms. The number of carboxylic acid groups (broad SMARTS) is 1. The molecule has 0 bridgehead atoms. The number of carbonyl (C=O) groups is 1. The van der Waals surface area contributed by atoms with E-state index >= 15 is 0 Å². The summed E-state index contributed by atoms with van der Waals surface area (Å²) in [5.74, 6) is -0.357. The molecule has 76 valence electrons. The summed E-state index contributed by atoms with van der Waals surface area (Å²) >= 11 is 0. The first kappa shape index (κ1) is 10.4. The average Bonchev–Trinajstić information content (AvgIpc) is 2.15. The lowest BCUT2D eigenvalue weighted by Crippen LogP contribution is -2.02. The van der Waals surface area contributed by atoms with Crippen LogP contribution in [0.15, 0.2) is 6.20 Å². The fourth-order valence-corrected chi connectivity index (χ4v) is 1.07. The van der Waals surface area contributed by atoms with Crippen LogP contribution in [-0.2, 0) is 11.2 Å². The van der Waals surface area contributed by atoms with E-state index in [1.807, 2.05) is 0 Å². The lowest BCUT2D eigenvalue weighted by atomic mass is 10.2. The van der Waals surface area contributed by atoms with Crippen molar-refractivity contribution in [2.24, 2.45) is 0 Å². The van der Waals surface area contributed by atoms with Crippen LogP contribution in [-0.4, -0.2) is 28.2 Å². The van der Waals surface area contributed by atoms with E-state index in [-0.39, 0.29) is 6.42 Å². The molecule has 0 saturated heterocycles. The first-order chi connectivity index (χ1) is 6.63. The van der Waals surface area contributed by atoms with Crippen LogP contribution in [0.2, 0.25) is 0 Å². The number of nitrogens with zero attached hydrogens (tertiary/aromatic N) is 2. The van der Waals surface area contributed by atoms with Crippen LogP contribution in [0.25, 0.3) is 0 Å². The van der Waals surface area contributed by atoms with Gasteiger partial charge in [0, 0.05) is 6.42 Å². The summed E-state index contributed by atoms with van der Waals surface area (Å²) in [6, 6.07) is 0. The van der Waals surface area contributed by atoms with Crippen molar-refractivity contribution in [3.8, 4) is 5.88 Å². The molecule has 1 N–H and O–H groups in total. The van der Waals surface area contributed by atoms with Crippen molar-refractivity contribution in [3.63, 3.8) is 0 Å². The van der Waals surface area contributed by atoms with Gasteiger partial charge in [-0.25, -0.2) is 4.98 Å². The molecule has 1 aromatic rings. The van der Waals surface area contributed by atoms with E-state index in [0.29, 0.717) is 23.7 Å². The Bertz CT molecular complexity index is 339. The molecule has 1 heterocycles. The minimum atomic E-state index is -0.833. The zero-order chi connectivity index (χ0) is 10.6. The lowest BCUT2D eigenvalue weighted by Gasteiger charge is -2.03. The van der Waals surface area contributed by atoms with Gasteiger partial charge in [-0.15, -0.1) is 0 Å². The van der Waals surface area contributed by atoms with E-state index in [1.165, 1.54) is 13.3 Å². The minimum Gasteiger partial charge on any atom is -0.481 e. The van der Waals surface area contributed by atoms with Gasteiger partial charge in [-0.05, 0) is 6.92 Å². The number of aryl methyl sites for hydroxylation is 2. The van der Waals surface area contributed by atoms with Crippen LogP contribution in [0, 0.1) is 6.92 Å². The number of hydrogen-bond acceptors (Lipinski definition) is 4. The molecule has 1 aromatic heterocycles. The largest absolute Gasteiger partial charge is 0.481 e. The maximum absolute atomic E-state index is 10.3. The van der Waals surface area contributed by atoms with Gasteiger partial charge in [-0.3, -0.25) is 9.78 Å². The topological polar surface area (TPSA) is 72.3 Å². The van der Waals surface area contributed by atoms with Gasteiger partial charge in [-0.2, -0.15) is 0 Å². The molecule has 0 aliphatic rings. The second-order valence-corrected chi connectivity index (χ2v) is 2.85. The summed E-state index contributed by atoms with van der Waals surface area (Å²) in [5.41, 5.74) is 1.35. The third kappa shape index (κ3) is 2.69. The predicted molar refractivity (Wildman–Crippen MR) is 49.3 cm³/mol. The summed E-state index contributed by atoms with van der Waals surface area (Å²) in [5, 5.41) is 8.47. The molecule has 0 aromatic carbocycles. The Morgan fingerprint density at radius 2 is 2.36 bits per heavy atom. The van der Waals surface area contributed by atoms with Crippen LogP contribution in [0.3, 0.4) is 0 Å². The van der Waals surface area contributed by atoms with Crippen molar-refractivity contribution in [2.45, 2.75) is 19.8 Å². The second-order valence-electron chi connectivity index (χ2n) is 2.85. The molecule has 0 fully saturated rings. The maximum atomic E-state index is 10.3. The highest BCUT2D eigenvalue weighted by Crippen LogP contribution is 2.11. The van der Waals surface area contributed by atoms with E-state index in [1.54, 1.807) is 6.92 Å². The quantitative estimate of drug-likeness (QED) is 0.771. The number of carboxylic acids is 1. The van der Waals surface area contributed by atoms with Crippen LogP contribution in [0.5, 0.6) is 5.88 Å². The smallest absolute Gasteiger partial charge is 0.303 e.